The van der Waals surface area contributed by atoms with E-state index in [4.69, 9.17) is 79.4 Å². The molecule has 0 aliphatic rings. The Hall–Kier alpha value is -15.5. The summed E-state index contributed by atoms with van der Waals surface area (Å²) >= 11 is 5.50. The van der Waals surface area contributed by atoms with Crippen molar-refractivity contribution in [3.05, 3.63) is 333 Å². The lowest BCUT2D eigenvalue weighted by molar-refractivity contribution is 0.0496. The molecule has 3 atom stereocenters. The predicted molar refractivity (Wildman–Crippen MR) is 490 cm³/mol. The number of alkyl carbamates (subject to hydrolysis) is 1. The van der Waals surface area contributed by atoms with E-state index in [1.165, 1.54) is 21.3 Å². The van der Waals surface area contributed by atoms with Crippen LogP contribution in [-0.4, -0.2) is 99.5 Å². The molecular weight excluding hydrogens is 1630 g/mol. The number of carbonyl (C=O) groups is 4. The normalized spacial score (nSPS) is 11.6. The standard InChI is InChI=1S/C32H30N8O3.C32H35N3O5.C27H27N3O3.C5H4ClN5/c1-3-24(36-28-23(18-33)27(34)38-32(35)39-28)29-37-25-11-7-8-20(15-12-19-13-16-21(17-14-19)31(42)43-2)26(25)30(41)40(29)22-9-5-4-6-10-22;1-6-25(34-31(38)40-32(2,3)4)28-33-26-14-10-11-22(18-15-21-16-19-23(20-17-21)30(37)39-5)27(26)29(36)35(28)24-12-8-7-9-13-24;1-3-22(28)25-29-23-11-7-8-19(15-12-18-13-16-20(17-14-18)27(32)33-2)24(23)26(31)30(25)21-9-5-4-6-10-21;6-3-2(1-7)4(8)11-5(9)10-3/h4-11,13-14,16-17,24H,3,12,15H2,1-2H3,(H5,34,35,36,38,39);7-14,16-17,19-20,25H,6,15,18H2,1-5H3,(H,34,38);4-11,13-14,16-17,22H,3,12,15,28H2,1-2H3;(H4,8,9,10,11)/t24-;25-;22-;/m000./s1. The van der Waals surface area contributed by atoms with Crippen LogP contribution < -0.4 is 56.0 Å². The second kappa shape index (κ2) is 42.5. The highest BCUT2D eigenvalue weighted by atomic mass is 35.5. The van der Waals surface area contributed by atoms with Gasteiger partial charge < -0.3 is 58.2 Å². The van der Waals surface area contributed by atoms with Gasteiger partial charge in [-0.1, -0.05) is 160 Å². The Balaban J connectivity index is 0.000000175. The lowest BCUT2D eigenvalue weighted by Crippen LogP contribution is -2.37. The number of carbonyl (C=O) groups excluding carboxylic acids is 4. The first-order valence-corrected chi connectivity index (χ1v) is 41.2. The molecule has 0 aliphatic heterocycles. The smallest absolute Gasteiger partial charge is 0.408 e. The largest absolute Gasteiger partial charge is 0.465 e. The molecule has 0 saturated heterocycles. The topological polar surface area (TPSA) is 463 Å². The molecular formula is C96H96ClN19O11. The number of nitrogen functional groups attached to an aromatic ring is 4. The Labute approximate surface area is 737 Å². The summed E-state index contributed by atoms with van der Waals surface area (Å²) in [6.07, 6.45) is 5.01. The molecule has 14 rings (SSSR count). The molecule has 0 bridgehead atoms. The van der Waals surface area contributed by atoms with Crippen LogP contribution in [0, 0.1) is 22.7 Å². The van der Waals surface area contributed by atoms with Gasteiger partial charge in [0.1, 0.15) is 58.0 Å². The Bertz CT molecular complexity index is 6580. The van der Waals surface area contributed by atoms with Crippen LogP contribution in [0.4, 0.5) is 34.1 Å². The Morgan fingerprint density at radius 2 is 0.764 bits per heavy atom. The van der Waals surface area contributed by atoms with Gasteiger partial charge in [0.25, 0.3) is 16.7 Å². The Morgan fingerprint density at radius 1 is 0.425 bits per heavy atom. The van der Waals surface area contributed by atoms with Crippen molar-refractivity contribution in [3.8, 4) is 29.2 Å². The molecule has 0 radical (unpaired) electrons. The molecule has 1 amide bonds. The number of aryl methyl sites for hydroxylation is 6. The zero-order chi connectivity index (χ0) is 91.2. The number of benzene rings is 9. The van der Waals surface area contributed by atoms with Crippen LogP contribution in [0.3, 0.4) is 0 Å². The zero-order valence-corrected chi connectivity index (χ0v) is 72.3. The number of esters is 3. The van der Waals surface area contributed by atoms with Crippen LogP contribution in [0.25, 0.3) is 49.8 Å². The van der Waals surface area contributed by atoms with Crippen molar-refractivity contribution in [2.75, 3.05) is 49.6 Å². The van der Waals surface area contributed by atoms with Gasteiger partial charge >= 0.3 is 24.0 Å². The van der Waals surface area contributed by atoms with E-state index in [1.807, 2.05) is 209 Å². The first-order chi connectivity index (χ1) is 61.1. The van der Waals surface area contributed by atoms with E-state index in [2.05, 4.69) is 30.6 Å². The maximum atomic E-state index is 14.4. The van der Waals surface area contributed by atoms with Gasteiger partial charge in [0.05, 0.1) is 106 Å². The van der Waals surface area contributed by atoms with Crippen molar-refractivity contribution >= 4 is 97.7 Å². The number of methoxy groups -OCH3 is 3. The monoisotopic (exact) mass is 1730 g/mol. The van der Waals surface area contributed by atoms with Gasteiger partial charge in [-0.2, -0.15) is 30.5 Å². The quantitative estimate of drug-likeness (QED) is 0.0168. The zero-order valence-electron chi connectivity index (χ0n) is 71.5. The maximum absolute atomic E-state index is 14.4. The molecule has 9 aromatic carbocycles. The van der Waals surface area contributed by atoms with Gasteiger partial charge in [-0.05, 0) is 203 Å². The SMILES string of the molecule is CC[C@H](N)c1nc2cccc(CCc3ccc(C(=O)OC)cc3)c2c(=O)n1-c1ccccc1.CC[C@H](NC(=O)OC(C)(C)C)c1nc2cccc(CCc3ccc(C(=O)OC)cc3)c2c(=O)n1-c1ccccc1.CC[C@H](Nc1nc(N)nc(N)c1C#N)c1nc2cccc(CCc3ccc(C(=O)OC)cc3)c2c(=O)n1-c1ccccc1.N#Cc1c(N)nc(N)nc1Cl. The highest BCUT2D eigenvalue weighted by Gasteiger charge is 2.29. The van der Waals surface area contributed by atoms with E-state index in [0.717, 1.165) is 45.5 Å². The van der Waals surface area contributed by atoms with Crippen LogP contribution in [0.2, 0.25) is 5.15 Å². The average molecular weight is 1730 g/mol. The molecule has 0 saturated carbocycles. The number of hydrogen-bond acceptors (Lipinski definition) is 26. The van der Waals surface area contributed by atoms with E-state index < -0.39 is 23.8 Å². The fourth-order valence-corrected chi connectivity index (χ4v) is 14.4. The van der Waals surface area contributed by atoms with Crippen LogP contribution >= 0.6 is 11.6 Å². The summed E-state index contributed by atoms with van der Waals surface area (Å²) in [4.78, 5) is 120. The number of anilines is 5. The minimum atomic E-state index is -0.660. The molecule has 12 N–H and O–H groups in total. The molecule has 0 spiro atoms. The van der Waals surface area contributed by atoms with E-state index in [0.29, 0.717) is 130 Å². The summed E-state index contributed by atoms with van der Waals surface area (Å²) in [6, 6.07) is 69.3. The number of fused-ring (bicyclic) bond motifs is 3. The van der Waals surface area contributed by atoms with E-state index >= 15 is 0 Å². The van der Waals surface area contributed by atoms with Gasteiger partial charge in [-0.25, -0.2) is 34.1 Å². The third kappa shape index (κ3) is 22.5. The minimum Gasteiger partial charge on any atom is -0.465 e. The van der Waals surface area contributed by atoms with E-state index in [1.54, 1.807) is 76.9 Å². The van der Waals surface area contributed by atoms with Crippen molar-refractivity contribution in [2.45, 2.75) is 123 Å². The lowest BCUT2D eigenvalue weighted by Gasteiger charge is -2.25. The number of hydrogen-bond donors (Lipinski definition) is 7. The van der Waals surface area contributed by atoms with Crippen molar-refractivity contribution in [1.82, 2.24) is 53.9 Å². The summed E-state index contributed by atoms with van der Waals surface area (Å²) in [5.74, 6) is 0.343. The number of ether oxygens (including phenoxy) is 4. The minimum absolute atomic E-state index is 0.00463. The molecule has 0 fully saturated rings. The molecule has 648 valence electrons. The summed E-state index contributed by atoms with van der Waals surface area (Å²) in [5, 5.41) is 25.9. The first-order valence-electron chi connectivity index (χ1n) is 40.8. The van der Waals surface area contributed by atoms with E-state index in [9.17, 15) is 38.8 Å². The Kier molecular flexibility index (Phi) is 30.9. The second-order valence-corrected chi connectivity index (χ2v) is 30.5. The average Bonchev–Trinajstić information content (AvgIpc) is 0.765. The highest BCUT2D eigenvalue weighted by Crippen LogP contribution is 2.31. The number of para-hydroxylation sites is 3. The summed E-state index contributed by atoms with van der Waals surface area (Å²) in [7, 11) is 4.07. The van der Waals surface area contributed by atoms with Crippen LogP contribution in [-0.2, 0) is 57.5 Å². The van der Waals surface area contributed by atoms with Gasteiger partial charge in [0.2, 0.25) is 11.9 Å². The second-order valence-electron chi connectivity index (χ2n) is 30.1. The van der Waals surface area contributed by atoms with Crippen LogP contribution in [0.5, 0.6) is 0 Å². The van der Waals surface area contributed by atoms with Crippen LogP contribution in [0.15, 0.2) is 233 Å². The molecule has 127 heavy (non-hydrogen) atoms. The van der Waals surface area contributed by atoms with E-state index in [-0.39, 0.29) is 86.3 Å². The number of nitrogens with zero attached hydrogens (tertiary/aromatic N) is 12. The molecule has 30 nitrogen and oxygen atoms in total. The number of halogens is 1. The number of nitrogens with one attached hydrogen (secondary N) is 2. The van der Waals surface area contributed by atoms with Gasteiger partial charge in [0, 0.05) is 0 Å². The van der Waals surface area contributed by atoms with Gasteiger partial charge in [-0.15, -0.1) is 0 Å². The summed E-state index contributed by atoms with van der Waals surface area (Å²) in [5.41, 5.74) is 38.6. The van der Waals surface area contributed by atoms with Gasteiger partial charge in [-0.3, -0.25) is 28.1 Å². The highest BCUT2D eigenvalue weighted by molar-refractivity contribution is 6.31. The summed E-state index contributed by atoms with van der Waals surface area (Å²) < 4.78 is 24.6. The third-order valence-electron chi connectivity index (χ3n) is 20.5. The van der Waals surface area contributed by atoms with Crippen molar-refractivity contribution in [1.29, 1.82) is 10.5 Å². The van der Waals surface area contributed by atoms with Crippen LogP contribution in [0.1, 0.15) is 172 Å². The molecule has 31 heteroatoms. The fourth-order valence-electron chi connectivity index (χ4n) is 14.2. The number of nitrogens with two attached hydrogens (primary N) is 5. The van der Waals surface area contributed by atoms with Crippen molar-refractivity contribution in [2.24, 2.45) is 5.73 Å². The lowest BCUT2D eigenvalue weighted by atomic mass is 10.00. The van der Waals surface area contributed by atoms with Crippen molar-refractivity contribution in [3.63, 3.8) is 0 Å². The number of rotatable bonds is 24. The summed E-state index contributed by atoms with van der Waals surface area (Å²) in [6.45, 7) is 11.3. The van der Waals surface area contributed by atoms with Crippen molar-refractivity contribution < 1.29 is 38.1 Å². The molecule has 5 aromatic heterocycles. The first kappa shape index (κ1) is 92.2. The number of amides is 1. The predicted octanol–water partition coefficient (Wildman–Crippen LogP) is 14.8. The molecule has 14 aromatic rings. The number of nitriles is 2. The third-order valence-corrected chi connectivity index (χ3v) is 20.8. The maximum Gasteiger partial charge on any atom is 0.408 e. The number of aromatic nitrogens is 10. The molecule has 0 unspecified atom stereocenters. The molecule has 5 heterocycles. The fraction of sp³-hybridized carbons (Fsp3) is 0.229. The Morgan fingerprint density at radius 3 is 1.09 bits per heavy atom. The molecule has 0 aliphatic carbocycles. The van der Waals surface area contributed by atoms with Gasteiger partial charge in [0.15, 0.2) is 11.0 Å².